The summed E-state index contributed by atoms with van der Waals surface area (Å²) >= 11 is 0. The number of carboxylic acid groups (broad SMARTS) is 1. The maximum atomic E-state index is 12.4. The average Bonchev–Trinajstić information content (AvgIpc) is 2.86. The van der Waals surface area contributed by atoms with Crippen molar-refractivity contribution in [3.63, 3.8) is 0 Å². The van der Waals surface area contributed by atoms with Gasteiger partial charge in [0.25, 0.3) is 0 Å². The van der Waals surface area contributed by atoms with E-state index in [-0.39, 0.29) is 24.0 Å². The van der Waals surface area contributed by atoms with E-state index >= 15 is 0 Å². The monoisotopic (exact) mass is 367 g/mol. The zero-order chi connectivity index (χ0) is 19.5. The number of rotatable bonds is 6. The van der Waals surface area contributed by atoms with Crippen molar-refractivity contribution >= 4 is 12.1 Å². The van der Waals surface area contributed by atoms with E-state index < -0.39 is 11.6 Å². The Morgan fingerprint density at radius 3 is 2.31 bits per heavy atom. The molecule has 0 aromatic carbocycles. The summed E-state index contributed by atoms with van der Waals surface area (Å²) in [6.07, 6.45) is 7.07. The molecule has 1 saturated heterocycles. The Kier molecular flexibility index (Phi) is 6.98. The van der Waals surface area contributed by atoms with Gasteiger partial charge in [-0.3, -0.25) is 9.69 Å². The third kappa shape index (κ3) is 5.37. The lowest BCUT2D eigenvalue weighted by Gasteiger charge is -2.43. The van der Waals surface area contributed by atoms with E-state index in [1.807, 2.05) is 20.8 Å². The quantitative estimate of drug-likeness (QED) is 0.665. The van der Waals surface area contributed by atoms with Crippen molar-refractivity contribution in [2.75, 3.05) is 0 Å². The van der Waals surface area contributed by atoms with E-state index in [0.29, 0.717) is 18.3 Å². The Morgan fingerprint density at radius 1 is 1.19 bits per heavy atom. The van der Waals surface area contributed by atoms with E-state index in [0.717, 1.165) is 25.7 Å². The Bertz CT molecular complexity index is 491. The normalized spacial score (nSPS) is 26.0. The first-order valence-electron chi connectivity index (χ1n) is 10.3. The van der Waals surface area contributed by atoms with Crippen LogP contribution in [0.2, 0.25) is 0 Å². The van der Waals surface area contributed by atoms with Crippen LogP contribution >= 0.6 is 0 Å². The average molecular weight is 368 g/mol. The third-order valence-electron chi connectivity index (χ3n) is 5.86. The van der Waals surface area contributed by atoms with Crippen molar-refractivity contribution in [1.82, 2.24) is 4.90 Å². The molecule has 0 bridgehead atoms. The number of amides is 1. The third-order valence-corrected chi connectivity index (χ3v) is 5.86. The predicted molar refractivity (Wildman–Crippen MR) is 102 cm³/mol. The van der Waals surface area contributed by atoms with Gasteiger partial charge in [0.15, 0.2) is 0 Å². The fraction of sp³-hybridized carbons (Fsp3) is 0.905. The molecule has 5 heteroatoms. The topological polar surface area (TPSA) is 66.8 Å². The van der Waals surface area contributed by atoms with Crippen molar-refractivity contribution in [2.45, 2.75) is 104 Å². The fourth-order valence-corrected chi connectivity index (χ4v) is 4.78. The SMILES string of the molecule is CC(C)CC1CC(C(CC2CCCCC2)N(C(=O)O)C(C)(C)C)OC1=O. The second kappa shape index (κ2) is 8.62. The standard InChI is InChI=1S/C21H37NO4/c1-14(2)11-16-13-18(26-19(16)23)17(12-15-9-7-6-8-10-15)22(20(24)25)21(3,4)5/h14-18H,6-13H2,1-5H3,(H,24,25). The molecule has 1 amide bonds. The highest BCUT2D eigenvalue weighted by Gasteiger charge is 2.45. The molecular weight excluding hydrogens is 330 g/mol. The zero-order valence-corrected chi connectivity index (χ0v) is 17.2. The molecule has 150 valence electrons. The highest BCUT2D eigenvalue weighted by Crippen LogP contribution is 2.37. The van der Waals surface area contributed by atoms with Gasteiger partial charge in [0.1, 0.15) is 6.10 Å². The number of esters is 1. The van der Waals surface area contributed by atoms with Gasteiger partial charge in [0, 0.05) is 5.54 Å². The lowest BCUT2D eigenvalue weighted by molar-refractivity contribution is -0.147. The fourth-order valence-electron chi connectivity index (χ4n) is 4.78. The van der Waals surface area contributed by atoms with Gasteiger partial charge >= 0.3 is 12.1 Å². The summed E-state index contributed by atoms with van der Waals surface area (Å²) in [7, 11) is 0. The molecule has 1 N–H and O–H groups in total. The van der Waals surface area contributed by atoms with Crippen LogP contribution in [-0.4, -0.2) is 39.8 Å². The zero-order valence-electron chi connectivity index (χ0n) is 17.2. The lowest BCUT2D eigenvalue weighted by Crippen LogP contribution is -2.56. The van der Waals surface area contributed by atoms with Crippen molar-refractivity contribution in [1.29, 1.82) is 0 Å². The summed E-state index contributed by atoms with van der Waals surface area (Å²) in [5, 5.41) is 9.93. The Morgan fingerprint density at radius 2 is 1.81 bits per heavy atom. The van der Waals surface area contributed by atoms with Crippen molar-refractivity contribution < 1.29 is 19.4 Å². The maximum Gasteiger partial charge on any atom is 0.408 e. The first-order valence-corrected chi connectivity index (χ1v) is 10.3. The minimum atomic E-state index is -0.915. The molecule has 0 aromatic rings. The van der Waals surface area contributed by atoms with Gasteiger partial charge in [0.05, 0.1) is 12.0 Å². The molecule has 1 heterocycles. The summed E-state index contributed by atoms with van der Waals surface area (Å²) < 4.78 is 5.76. The van der Waals surface area contributed by atoms with E-state index in [1.54, 1.807) is 4.90 Å². The summed E-state index contributed by atoms with van der Waals surface area (Å²) in [5.74, 6) is 0.725. The summed E-state index contributed by atoms with van der Waals surface area (Å²) in [4.78, 5) is 26.0. The molecule has 2 rings (SSSR count). The Hall–Kier alpha value is -1.26. The molecule has 0 aromatic heterocycles. The lowest BCUT2D eigenvalue weighted by atomic mass is 9.81. The first kappa shape index (κ1) is 21.0. The van der Waals surface area contributed by atoms with E-state index in [9.17, 15) is 14.7 Å². The van der Waals surface area contributed by atoms with Crippen molar-refractivity contribution in [2.24, 2.45) is 17.8 Å². The Balaban J connectivity index is 2.22. The number of cyclic esters (lactones) is 1. The van der Waals surface area contributed by atoms with E-state index in [1.165, 1.54) is 19.3 Å². The minimum Gasteiger partial charge on any atom is -0.465 e. The van der Waals surface area contributed by atoms with Crippen LogP contribution in [0.5, 0.6) is 0 Å². The van der Waals surface area contributed by atoms with Crippen LogP contribution in [0.1, 0.15) is 86.0 Å². The highest BCUT2D eigenvalue weighted by atomic mass is 16.6. The molecule has 0 radical (unpaired) electrons. The maximum absolute atomic E-state index is 12.4. The van der Waals surface area contributed by atoms with E-state index in [2.05, 4.69) is 13.8 Å². The number of nitrogens with zero attached hydrogens (tertiary/aromatic N) is 1. The number of hydrogen-bond acceptors (Lipinski definition) is 3. The number of carbonyl (C=O) groups is 2. The van der Waals surface area contributed by atoms with Gasteiger partial charge in [-0.2, -0.15) is 0 Å². The molecule has 3 unspecified atom stereocenters. The van der Waals surface area contributed by atoms with Gasteiger partial charge < -0.3 is 9.84 Å². The molecule has 1 aliphatic heterocycles. The molecule has 5 nitrogen and oxygen atoms in total. The molecule has 2 aliphatic rings. The molecule has 0 spiro atoms. The van der Waals surface area contributed by atoms with Gasteiger partial charge in [-0.25, -0.2) is 4.79 Å². The van der Waals surface area contributed by atoms with E-state index in [4.69, 9.17) is 4.74 Å². The van der Waals surface area contributed by atoms with Crippen molar-refractivity contribution in [3.8, 4) is 0 Å². The van der Waals surface area contributed by atoms with Crippen LogP contribution in [0.25, 0.3) is 0 Å². The van der Waals surface area contributed by atoms with Crippen LogP contribution in [0, 0.1) is 17.8 Å². The molecule has 1 aliphatic carbocycles. The van der Waals surface area contributed by atoms with Crippen molar-refractivity contribution in [3.05, 3.63) is 0 Å². The number of ether oxygens (including phenoxy) is 1. The molecule has 26 heavy (non-hydrogen) atoms. The smallest absolute Gasteiger partial charge is 0.408 e. The van der Waals surface area contributed by atoms with Crippen LogP contribution in [-0.2, 0) is 9.53 Å². The predicted octanol–water partition coefficient (Wildman–Crippen LogP) is 5.08. The summed E-state index contributed by atoms with van der Waals surface area (Å²) in [5.41, 5.74) is -0.520. The molecular formula is C21H37NO4. The first-order chi connectivity index (χ1) is 12.1. The molecule has 1 saturated carbocycles. The van der Waals surface area contributed by atoms with Crippen LogP contribution in [0.15, 0.2) is 0 Å². The Labute approximate surface area is 158 Å². The second-order valence-corrected chi connectivity index (χ2v) is 9.67. The van der Waals surface area contributed by atoms with Crippen LogP contribution in [0.3, 0.4) is 0 Å². The summed E-state index contributed by atoms with van der Waals surface area (Å²) in [6.45, 7) is 10.0. The van der Waals surface area contributed by atoms with Gasteiger partial charge in [-0.05, 0) is 51.9 Å². The molecule has 2 fully saturated rings. The minimum absolute atomic E-state index is 0.0931. The second-order valence-electron chi connectivity index (χ2n) is 9.67. The van der Waals surface area contributed by atoms with Crippen LogP contribution in [0.4, 0.5) is 4.79 Å². The number of carbonyl (C=O) groups excluding carboxylic acids is 1. The van der Waals surface area contributed by atoms with Gasteiger partial charge in [-0.1, -0.05) is 46.0 Å². The number of hydrogen-bond donors (Lipinski definition) is 1. The largest absolute Gasteiger partial charge is 0.465 e. The van der Waals surface area contributed by atoms with Gasteiger partial charge in [0.2, 0.25) is 0 Å². The molecule has 3 atom stereocenters. The highest BCUT2D eigenvalue weighted by molar-refractivity contribution is 5.75. The van der Waals surface area contributed by atoms with Crippen LogP contribution < -0.4 is 0 Å². The summed E-state index contributed by atoms with van der Waals surface area (Å²) in [6, 6.07) is -0.253. The van der Waals surface area contributed by atoms with Gasteiger partial charge in [-0.15, -0.1) is 0 Å².